The van der Waals surface area contributed by atoms with Gasteiger partial charge in [0.1, 0.15) is 11.6 Å². The number of Topliss-reactive ketones (excluding diaryl/α,β-unsaturated/α-hetero) is 1. The van der Waals surface area contributed by atoms with Crippen LogP contribution in [0.3, 0.4) is 0 Å². The molecular formula is C24H23BrFNO3. The van der Waals surface area contributed by atoms with Crippen LogP contribution in [0.15, 0.2) is 52.5 Å². The van der Waals surface area contributed by atoms with E-state index in [9.17, 15) is 19.1 Å². The van der Waals surface area contributed by atoms with Gasteiger partial charge in [0, 0.05) is 16.1 Å². The van der Waals surface area contributed by atoms with Crippen molar-refractivity contribution in [3.63, 3.8) is 0 Å². The first kappa shape index (κ1) is 20.8. The third-order valence-electron chi connectivity index (χ3n) is 6.07. The van der Waals surface area contributed by atoms with Gasteiger partial charge in [-0.25, -0.2) is 4.39 Å². The Labute approximate surface area is 183 Å². The monoisotopic (exact) mass is 471 g/mol. The lowest BCUT2D eigenvalue weighted by Gasteiger charge is -2.35. The number of aliphatic hydroxyl groups is 1. The van der Waals surface area contributed by atoms with Crippen molar-refractivity contribution in [1.29, 1.82) is 0 Å². The number of carbonyl (C=O) groups excluding carboxylic acids is 2. The van der Waals surface area contributed by atoms with Gasteiger partial charge in [-0.1, -0.05) is 53.4 Å². The number of likely N-dealkylation sites (tertiary alicyclic amines) is 1. The van der Waals surface area contributed by atoms with Crippen molar-refractivity contribution in [3.05, 3.63) is 75.0 Å². The summed E-state index contributed by atoms with van der Waals surface area (Å²) < 4.78 is 14.5. The maximum atomic E-state index is 13.6. The van der Waals surface area contributed by atoms with E-state index >= 15 is 0 Å². The number of nitrogens with zero attached hydrogens (tertiary/aromatic N) is 1. The van der Waals surface area contributed by atoms with Gasteiger partial charge < -0.3 is 10.0 Å². The fraction of sp³-hybridized carbons (Fsp3) is 0.333. The standard InChI is InChI=1S/C24H23BrFNO3/c1-14-13-16(9-12-19(14)25)22(28)20-21(15-7-10-17(26)11-8-15)27(24(30)23(20)29)18-5-3-2-4-6-18/h7-13,18,21,28H,2-6H2,1H3/b22-20-. The van der Waals surface area contributed by atoms with Gasteiger partial charge in [0.05, 0.1) is 11.6 Å². The second kappa shape index (κ2) is 8.34. The number of hydrogen-bond acceptors (Lipinski definition) is 3. The van der Waals surface area contributed by atoms with E-state index in [-0.39, 0.29) is 17.4 Å². The molecule has 1 N–H and O–H groups in total. The topological polar surface area (TPSA) is 57.6 Å². The number of rotatable bonds is 3. The molecule has 1 unspecified atom stereocenters. The van der Waals surface area contributed by atoms with E-state index < -0.39 is 23.5 Å². The van der Waals surface area contributed by atoms with E-state index in [0.29, 0.717) is 11.1 Å². The molecule has 2 aromatic carbocycles. The quantitative estimate of drug-likeness (QED) is 0.357. The Morgan fingerprint density at radius 2 is 1.73 bits per heavy atom. The lowest BCUT2D eigenvalue weighted by molar-refractivity contribution is -0.141. The Morgan fingerprint density at radius 1 is 1.07 bits per heavy atom. The molecule has 6 heteroatoms. The Morgan fingerprint density at radius 3 is 2.37 bits per heavy atom. The van der Waals surface area contributed by atoms with Gasteiger partial charge >= 0.3 is 0 Å². The zero-order chi connectivity index (χ0) is 21.4. The van der Waals surface area contributed by atoms with Crippen molar-refractivity contribution in [2.75, 3.05) is 0 Å². The fourth-order valence-electron chi connectivity index (χ4n) is 4.51. The smallest absolute Gasteiger partial charge is 0.295 e. The van der Waals surface area contributed by atoms with Crippen LogP contribution in [0, 0.1) is 12.7 Å². The summed E-state index contributed by atoms with van der Waals surface area (Å²) in [5.41, 5.74) is 2.07. The molecular weight excluding hydrogens is 449 g/mol. The summed E-state index contributed by atoms with van der Waals surface area (Å²) in [7, 11) is 0. The molecule has 0 aromatic heterocycles. The lowest BCUT2D eigenvalue weighted by atomic mass is 9.91. The zero-order valence-electron chi connectivity index (χ0n) is 16.7. The van der Waals surface area contributed by atoms with Crippen LogP contribution < -0.4 is 0 Å². The van der Waals surface area contributed by atoms with Gasteiger partial charge in [-0.3, -0.25) is 9.59 Å². The van der Waals surface area contributed by atoms with Crippen LogP contribution in [0.5, 0.6) is 0 Å². The van der Waals surface area contributed by atoms with E-state index in [1.165, 1.54) is 12.1 Å². The minimum absolute atomic E-state index is 0.0674. The van der Waals surface area contributed by atoms with Gasteiger partial charge in [0.15, 0.2) is 0 Å². The summed E-state index contributed by atoms with van der Waals surface area (Å²) in [4.78, 5) is 27.8. The SMILES string of the molecule is Cc1cc(/C(O)=C2/C(=O)C(=O)N(C3CCCCC3)C2c2ccc(F)cc2)ccc1Br. The largest absolute Gasteiger partial charge is 0.507 e. The van der Waals surface area contributed by atoms with Crippen molar-refractivity contribution in [1.82, 2.24) is 4.90 Å². The molecule has 0 spiro atoms. The van der Waals surface area contributed by atoms with E-state index in [1.807, 2.05) is 6.92 Å². The van der Waals surface area contributed by atoms with Crippen LogP contribution in [0.1, 0.15) is 54.8 Å². The molecule has 1 heterocycles. The highest BCUT2D eigenvalue weighted by Crippen LogP contribution is 2.43. The van der Waals surface area contributed by atoms with Gasteiger partial charge in [-0.2, -0.15) is 0 Å². The third-order valence-corrected chi connectivity index (χ3v) is 6.96. The summed E-state index contributed by atoms with van der Waals surface area (Å²) in [5.74, 6) is -1.87. The number of aryl methyl sites for hydroxylation is 1. The van der Waals surface area contributed by atoms with Crippen LogP contribution in [-0.2, 0) is 9.59 Å². The molecule has 1 saturated carbocycles. The first-order valence-corrected chi connectivity index (χ1v) is 11.0. The van der Waals surface area contributed by atoms with Crippen LogP contribution in [0.4, 0.5) is 4.39 Å². The molecule has 1 aliphatic heterocycles. The number of aliphatic hydroxyl groups excluding tert-OH is 1. The maximum Gasteiger partial charge on any atom is 0.295 e. The number of benzene rings is 2. The normalized spacial score (nSPS) is 22.0. The molecule has 0 bridgehead atoms. The number of halogens is 2. The first-order valence-electron chi connectivity index (χ1n) is 10.2. The molecule has 4 rings (SSSR count). The summed E-state index contributed by atoms with van der Waals surface area (Å²) in [5, 5.41) is 11.1. The molecule has 1 saturated heterocycles. The van der Waals surface area contributed by atoms with Crippen molar-refractivity contribution >= 4 is 33.4 Å². The molecule has 2 aromatic rings. The highest BCUT2D eigenvalue weighted by atomic mass is 79.9. The predicted octanol–water partition coefficient (Wildman–Crippen LogP) is 5.65. The molecule has 2 aliphatic rings. The second-order valence-corrected chi connectivity index (χ2v) is 8.87. The van der Waals surface area contributed by atoms with Crippen molar-refractivity contribution in [3.8, 4) is 0 Å². The molecule has 1 amide bonds. The zero-order valence-corrected chi connectivity index (χ0v) is 18.3. The molecule has 2 fully saturated rings. The summed E-state index contributed by atoms with van der Waals surface area (Å²) in [6, 6.07) is 10.3. The van der Waals surface area contributed by atoms with E-state index in [1.54, 1.807) is 35.2 Å². The summed E-state index contributed by atoms with van der Waals surface area (Å²) in [6.07, 6.45) is 4.75. The third kappa shape index (κ3) is 3.69. The molecule has 30 heavy (non-hydrogen) atoms. The van der Waals surface area contributed by atoms with Crippen LogP contribution in [-0.4, -0.2) is 27.7 Å². The van der Waals surface area contributed by atoms with Crippen molar-refractivity contribution < 1.29 is 19.1 Å². The molecule has 1 aliphatic carbocycles. The second-order valence-electron chi connectivity index (χ2n) is 8.01. The van der Waals surface area contributed by atoms with E-state index in [4.69, 9.17) is 0 Å². The molecule has 156 valence electrons. The average Bonchev–Trinajstić information content (AvgIpc) is 3.01. The summed E-state index contributed by atoms with van der Waals surface area (Å²) >= 11 is 3.44. The lowest BCUT2D eigenvalue weighted by Crippen LogP contribution is -2.40. The fourth-order valence-corrected chi connectivity index (χ4v) is 4.75. The minimum atomic E-state index is -0.724. The van der Waals surface area contributed by atoms with Crippen LogP contribution in [0.2, 0.25) is 0 Å². The van der Waals surface area contributed by atoms with Crippen LogP contribution >= 0.6 is 15.9 Å². The Balaban J connectivity index is 1.88. The van der Waals surface area contributed by atoms with Crippen LogP contribution in [0.25, 0.3) is 5.76 Å². The van der Waals surface area contributed by atoms with Gasteiger partial charge in [0.2, 0.25) is 0 Å². The van der Waals surface area contributed by atoms with E-state index in [2.05, 4.69) is 15.9 Å². The first-order chi connectivity index (χ1) is 14.4. The Bertz CT molecular complexity index is 1030. The number of carbonyl (C=O) groups is 2. The average molecular weight is 472 g/mol. The minimum Gasteiger partial charge on any atom is -0.507 e. The molecule has 1 atom stereocenters. The number of hydrogen-bond donors (Lipinski definition) is 1. The van der Waals surface area contributed by atoms with Gasteiger partial charge in [0.25, 0.3) is 11.7 Å². The summed E-state index contributed by atoms with van der Waals surface area (Å²) in [6.45, 7) is 1.89. The number of amides is 1. The molecule has 0 radical (unpaired) electrons. The Hall–Kier alpha value is -2.47. The highest BCUT2D eigenvalue weighted by Gasteiger charge is 2.48. The highest BCUT2D eigenvalue weighted by molar-refractivity contribution is 9.10. The van der Waals surface area contributed by atoms with E-state index in [0.717, 1.165) is 42.1 Å². The molecule has 4 nitrogen and oxygen atoms in total. The van der Waals surface area contributed by atoms with Gasteiger partial charge in [-0.15, -0.1) is 0 Å². The van der Waals surface area contributed by atoms with Gasteiger partial charge in [-0.05, 0) is 55.2 Å². The van der Waals surface area contributed by atoms with Crippen molar-refractivity contribution in [2.45, 2.75) is 51.1 Å². The van der Waals surface area contributed by atoms with Crippen molar-refractivity contribution in [2.24, 2.45) is 0 Å². The maximum absolute atomic E-state index is 13.6. The predicted molar refractivity (Wildman–Crippen MR) is 116 cm³/mol. The number of ketones is 1. The Kier molecular flexibility index (Phi) is 5.78.